The Bertz CT molecular complexity index is 405. The predicted octanol–water partition coefficient (Wildman–Crippen LogP) is 1.33. The molecular weight excluding hydrogens is 268 g/mol. The quantitative estimate of drug-likeness (QED) is 0.655. The Hall–Kier alpha value is -1.14. The number of nitrogens with zero attached hydrogens (tertiary/aromatic N) is 1. The molecule has 1 aliphatic heterocycles. The highest BCUT2D eigenvalue weighted by Crippen LogP contribution is 2.09. The Morgan fingerprint density at radius 1 is 1.32 bits per heavy atom. The van der Waals surface area contributed by atoms with Crippen LogP contribution in [0.25, 0.3) is 0 Å². The number of morpholine rings is 1. The van der Waals surface area contributed by atoms with Gasteiger partial charge in [0.1, 0.15) is 0 Å². The highest BCUT2D eigenvalue weighted by atomic mass is 35.5. The van der Waals surface area contributed by atoms with Crippen molar-refractivity contribution in [2.75, 3.05) is 39.5 Å². The van der Waals surface area contributed by atoms with Crippen molar-refractivity contribution in [3.05, 3.63) is 34.9 Å². The van der Waals surface area contributed by atoms with Gasteiger partial charge in [-0.25, -0.2) is 5.48 Å². The van der Waals surface area contributed by atoms with E-state index in [9.17, 15) is 4.79 Å². The minimum atomic E-state index is -0.265. The molecule has 1 fully saturated rings. The van der Waals surface area contributed by atoms with Crippen LogP contribution >= 0.6 is 11.6 Å². The van der Waals surface area contributed by atoms with Crippen LogP contribution in [0.4, 0.5) is 0 Å². The molecule has 5 nitrogen and oxygen atoms in total. The number of benzene rings is 1. The third-order valence-electron chi connectivity index (χ3n) is 2.88. The Balaban J connectivity index is 1.64. The lowest BCUT2D eigenvalue weighted by molar-refractivity contribution is -0.00177. The van der Waals surface area contributed by atoms with Gasteiger partial charge in [0.2, 0.25) is 0 Å². The van der Waals surface area contributed by atoms with Gasteiger partial charge in [-0.2, -0.15) is 0 Å². The molecule has 1 amide bonds. The van der Waals surface area contributed by atoms with Gasteiger partial charge in [0.05, 0.1) is 19.8 Å². The molecule has 0 spiro atoms. The van der Waals surface area contributed by atoms with E-state index in [-0.39, 0.29) is 5.91 Å². The molecule has 6 heteroatoms. The first-order valence-corrected chi connectivity index (χ1v) is 6.61. The SMILES string of the molecule is O=C(NOCCN1CCOCC1)c1ccc(Cl)cc1. The number of carbonyl (C=O) groups excluding carboxylic acids is 1. The smallest absolute Gasteiger partial charge is 0.274 e. The average molecular weight is 285 g/mol. The van der Waals surface area contributed by atoms with Gasteiger partial charge in [-0.05, 0) is 24.3 Å². The molecule has 0 radical (unpaired) electrons. The van der Waals surface area contributed by atoms with Crippen LogP contribution < -0.4 is 5.48 Å². The van der Waals surface area contributed by atoms with Crippen molar-refractivity contribution >= 4 is 17.5 Å². The number of amides is 1. The second kappa shape index (κ2) is 7.45. The van der Waals surface area contributed by atoms with Crippen LogP contribution in [0.5, 0.6) is 0 Å². The summed E-state index contributed by atoms with van der Waals surface area (Å²) in [7, 11) is 0. The fourth-order valence-corrected chi connectivity index (χ4v) is 1.90. The Kier molecular flexibility index (Phi) is 5.60. The van der Waals surface area contributed by atoms with Crippen LogP contribution in [0.3, 0.4) is 0 Å². The zero-order valence-corrected chi connectivity index (χ0v) is 11.4. The molecule has 0 saturated carbocycles. The Morgan fingerprint density at radius 2 is 2.00 bits per heavy atom. The van der Waals surface area contributed by atoms with E-state index in [4.69, 9.17) is 21.2 Å². The lowest BCUT2D eigenvalue weighted by Gasteiger charge is -2.26. The van der Waals surface area contributed by atoms with Crippen LogP contribution in [0, 0.1) is 0 Å². The standard InChI is InChI=1S/C13H17ClN2O3/c14-12-3-1-11(2-4-12)13(17)15-19-10-7-16-5-8-18-9-6-16/h1-4H,5-10H2,(H,15,17). The zero-order valence-electron chi connectivity index (χ0n) is 10.6. The molecule has 1 saturated heterocycles. The maximum Gasteiger partial charge on any atom is 0.274 e. The van der Waals surface area contributed by atoms with Crippen molar-refractivity contribution in [2.24, 2.45) is 0 Å². The lowest BCUT2D eigenvalue weighted by Crippen LogP contribution is -2.39. The van der Waals surface area contributed by atoms with E-state index < -0.39 is 0 Å². The number of hydrogen-bond donors (Lipinski definition) is 1. The van der Waals surface area contributed by atoms with Gasteiger partial charge in [0.25, 0.3) is 5.91 Å². The first-order chi connectivity index (χ1) is 9.25. The molecule has 1 aliphatic rings. The first kappa shape index (κ1) is 14.3. The normalized spacial score (nSPS) is 16.3. The second-order valence-electron chi connectivity index (χ2n) is 4.24. The number of nitrogens with one attached hydrogen (secondary N) is 1. The summed E-state index contributed by atoms with van der Waals surface area (Å²) >= 11 is 5.75. The number of halogens is 1. The number of hydrogen-bond acceptors (Lipinski definition) is 4. The van der Waals surface area contributed by atoms with Crippen molar-refractivity contribution in [3.63, 3.8) is 0 Å². The molecule has 0 atom stereocenters. The molecule has 104 valence electrons. The lowest BCUT2D eigenvalue weighted by atomic mass is 10.2. The van der Waals surface area contributed by atoms with E-state index in [0.29, 0.717) is 17.2 Å². The van der Waals surface area contributed by atoms with Gasteiger partial charge in [0.15, 0.2) is 0 Å². The molecule has 19 heavy (non-hydrogen) atoms. The Labute approximate surface area is 117 Å². The molecule has 0 unspecified atom stereocenters. The summed E-state index contributed by atoms with van der Waals surface area (Å²) in [6, 6.07) is 6.65. The van der Waals surface area contributed by atoms with Crippen LogP contribution in [0.2, 0.25) is 5.02 Å². The number of hydroxylamine groups is 1. The van der Waals surface area contributed by atoms with E-state index in [1.54, 1.807) is 24.3 Å². The van der Waals surface area contributed by atoms with Crippen molar-refractivity contribution in [1.29, 1.82) is 0 Å². The van der Waals surface area contributed by atoms with Gasteiger partial charge < -0.3 is 4.74 Å². The molecule has 1 aromatic carbocycles. The molecule has 1 heterocycles. The monoisotopic (exact) mass is 284 g/mol. The van der Waals surface area contributed by atoms with Crippen LogP contribution in [0.15, 0.2) is 24.3 Å². The molecular formula is C13H17ClN2O3. The van der Waals surface area contributed by atoms with E-state index in [1.165, 1.54) is 0 Å². The maximum absolute atomic E-state index is 11.7. The molecule has 0 aromatic heterocycles. The van der Waals surface area contributed by atoms with Crippen molar-refractivity contribution in [2.45, 2.75) is 0 Å². The Morgan fingerprint density at radius 3 is 2.68 bits per heavy atom. The average Bonchev–Trinajstić information content (AvgIpc) is 2.45. The van der Waals surface area contributed by atoms with Gasteiger partial charge >= 0.3 is 0 Å². The van der Waals surface area contributed by atoms with Crippen molar-refractivity contribution in [1.82, 2.24) is 10.4 Å². The third kappa shape index (κ3) is 4.80. The summed E-state index contributed by atoms with van der Waals surface area (Å²) in [4.78, 5) is 19.1. The summed E-state index contributed by atoms with van der Waals surface area (Å²) in [5, 5.41) is 0.602. The predicted molar refractivity (Wildman–Crippen MR) is 72.1 cm³/mol. The van der Waals surface area contributed by atoms with Gasteiger partial charge in [-0.15, -0.1) is 0 Å². The molecule has 0 aliphatic carbocycles. The topological polar surface area (TPSA) is 50.8 Å². The van der Waals surface area contributed by atoms with Crippen molar-refractivity contribution in [3.8, 4) is 0 Å². The van der Waals surface area contributed by atoms with Gasteiger partial charge in [-0.1, -0.05) is 11.6 Å². The number of ether oxygens (including phenoxy) is 1. The van der Waals surface area contributed by atoms with Crippen molar-refractivity contribution < 1.29 is 14.4 Å². The highest BCUT2D eigenvalue weighted by molar-refractivity contribution is 6.30. The van der Waals surface area contributed by atoms with Crippen LogP contribution in [-0.4, -0.2) is 50.3 Å². The summed E-state index contributed by atoms with van der Waals surface area (Å²) in [5.41, 5.74) is 2.94. The third-order valence-corrected chi connectivity index (χ3v) is 3.14. The largest absolute Gasteiger partial charge is 0.379 e. The fraction of sp³-hybridized carbons (Fsp3) is 0.462. The minimum absolute atomic E-state index is 0.265. The summed E-state index contributed by atoms with van der Waals surface area (Å²) in [6.07, 6.45) is 0. The van der Waals surface area contributed by atoms with E-state index in [1.807, 2.05) is 0 Å². The van der Waals surface area contributed by atoms with Gasteiger partial charge in [-0.3, -0.25) is 14.5 Å². The molecule has 1 N–H and O–H groups in total. The van der Waals surface area contributed by atoms with E-state index in [0.717, 1.165) is 32.8 Å². The van der Waals surface area contributed by atoms with Gasteiger partial charge in [0, 0.05) is 30.2 Å². The van der Waals surface area contributed by atoms with Crippen LogP contribution in [0.1, 0.15) is 10.4 Å². The molecule has 2 rings (SSSR count). The fourth-order valence-electron chi connectivity index (χ4n) is 1.78. The molecule has 0 bridgehead atoms. The second-order valence-corrected chi connectivity index (χ2v) is 4.68. The number of rotatable bonds is 5. The minimum Gasteiger partial charge on any atom is -0.379 e. The molecule has 1 aromatic rings. The van der Waals surface area contributed by atoms with Crippen LogP contribution in [-0.2, 0) is 9.57 Å². The van der Waals surface area contributed by atoms with E-state index >= 15 is 0 Å². The number of carbonyl (C=O) groups is 1. The highest BCUT2D eigenvalue weighted by Gasteiger charge is 2.10. The first-order valence-electron chi connectivity index (χ1n) is 6.23. The van der Waals surface area contributed by atoms with E-state index in [2.05, 4.69) is 10.4 Å². The zero-order chi connectivity index (χ0) is 13.5. The maximum atomic E-state index is 11.7. The summed E-state index contributed by atoms with van der Waals surface area (Å²) in [5.74, 6) is -0.265. The summed E-state index contributed by atoms with van der Waals surface area (Å²) in [6.45, 7) is 4.58. The summed E-state index contributed by atoms with van der Waals surface area (Å²) < 4.78 is 5.25.